The average Bonchev–Trinajstić information content (AvgIpc) is 2.61. The van der Waals surface area contributed by atoms with Crippen LogP contribution in [0.15, 0.2) is 53.4 Å². The van der Waals surface area contributed by atoms with Crippen molar-refractivity contribution in [2.24, 2.45) is 0 Å². The molecule has 0 aromatic heterocycles. The van der Waals surface area contributed by atoms with Gasteiger partial charge in [0.15, 0.2) is 0 Å². The number of benzene rings is 2. The number of aryl methyl sites for hydroxylation is 1. The largest absolute Gasteiger partial charge is 0.310 e. The Balaban J connectivity index is 1.64. The van der Waals surface area contributed by atoms with Crippen molar-refractivity contribution in [1.82, 2.24) is 0 Å². The summed E-state index contributed by atoms with van der Waals surface area (Å²) in [6, 6.07) is 12.2. The van der Waals surface area contributed by atoms with Crippen LogP contribution in [0.3, 0.4) is 0 Å². The monoisotopic (exact) mass is 404 g/mol. The van der Waals surface area contributed by atoms with Crippen LogP contribution in [0, 0.1) is 0 Å². The maximum atomic E-state index is 12.8. The van der Waals surface area contributed by atoms with Crippen molar-refractivity contribution < 1.29 is 19.4 Å². The fraction of sp³-hybridized carbons (Fsp3) is 0.429. The molecule has 0 saturated heterocycles. The predicted octanol–water partition coefficient (Wildman–Crippen LogP) is 8.74. The van der Waals surface area contributed by atoms with E-state index in [1.807, 2.05) is 0 Å². The summed E-state index contributed by atoms with van der Waals surface area (Å²) >= 11 is 0. The van der Waals surface area contributed by atoms with Gasteiger partial charge in [0.1, 0.15) is 4.90 Å². The Kier molecular flexibility index (Phi) is 4.86. The average molecular weight is 404 g/mol. The predicted molar refractivity (Wildman–Crippen MR) is 102 cm³/mol. The van der Waals surface area contributed by atoms with E-state index in [4.69, 9.17) is 0 Å². The first-order chi connectivity index (χ1) is 12.5. The lowest BCUT2D eigenvalue weighted by atomic mass is 9.76. The van der Waals surface area contributed by atoms with E-state index in [0.717, 1.165) is 44.1 Å². The molecule has 1 fully saturated rings. The first-order valence-electron chi connectivity index (χ1n) is 9.39. The smallest absolute Gasteiger partial charge is 0.0936 e. The zero-order valence-corrected chi connectivity index (χ0v) is 16.1. The van der Waals surface area contributed by atoms with E-state index in [9.17, 15) is 19.4 Å². The lowest BCUT2D eigenvalue weighted by Crippen LogP contribution is -2.12. The van der Waals surface area contributed by atoms with Gasteiger partial charge in [-0.25, -0.2) is 0 Å². The minimum atomic E-state index is -9.58. The highest BCUT2D eigenvalue weighted by molar-refractivity contribution is 8.45. The van der Waals surface area contributed by atoms with Crippen molar-refractivity contribution in [3.63, 3.8) is 0 Å². The Labute approximate surface area is 157 Å². The van der Waals surface area contributed by atoms with Crippen LogP contribution in [0.5, 0.6) is 0 Å². The van der Waals surface area contributed by atoms with Crippen LogP contribution in [0.1, 0.15) is 67.6 Å². The third-order valence-electron chi connectivity index (χ3n) is 5.51. The molecule has 0 unspecified atom stereocenters. The molecule has 0 amide bonds. The molecule has 1 aliphatic carbocycles. The molecule has 0 nitrogen and oxygen atoms in total. The third-order valence-corrected chi connectivity index (χ3v) is 6.68. The number of halogens is 5. The standard InChI is InChI=1S/C21H25F5S/c1-2-3-16-4-6-17(7-5-16)18-8-10-19(11-9-18)20-12-14-21(15-13-20)27(22,23,24,25)26/h4-7,12-15,18-19H,2-3,8-11H2,1H3/t18-,19-. The Morgan fingerprint density at radius 1 is 0.704 bits per heavy atom. The summed E-state index contributed by atoms with van der Waals surface area (Å²) in [4.78, 5) is -1.81. The van der Waals surface area contributed by atoms with E-state index in [0.29, 0.717) is 18.1 Å². The number of hydrogen-bond donors (Lipinski definition) is 0. The quantitative estimate of drug-likeness (QED) is 0.437. The van der Waals surface area contributed by atoms with Crippen LogP contribution in [0.2, 0.25) is 0 Å². The van der Waals surface area contributed by atoms with E-state index in [1.165, 1.54) is 23.3 Å². The number of hydrogen-bond acceptors (Lipinski definition) is 0. The molecular weight excluding hydrogens is 379 g/mol. The lowest BCUT2D eigenvalue weighted by Gasteiger charge is -2.40. The van der Waals surface area contributed by atoms with E-state index in [-0.39, 0.29) is 5.92 Å². The summed E-state index contributed by atoms with van der Waals surface area (Å²) in [5, 5.41) is 0. The second-order valence-electron chi connectivity index (χ2n) is 7.58. The second-order valence-corrected chi connectivity index (χ2v) is 9.99. The van der Waals surface area contributed by atoms with E-state index < -0.39 is 15.1 Å². The lowest BCUT2D eigenvalue weighted by molar-refractivity contribution is 0.363. The summed E-state index contributed by atoms with van der Waals surface area (Å²) in [7, 11) is -9.58. The van der Waals surface area contributed by atoms with Crippen molar-refractivity contribution in [3.05, 3.63) is 65.2 Å². The van der Waals surface area contributed by atoms with Crippen LogP contribution in [-0.2, 0) is 6.42 Å². The number of rotatable bonds is 5. The molecule has 0 spiro atoms. The molecule has 27 heavy (non-hydrogen) atoms. The molecular formula is C21H25F5S. The zero-order valence-electron chi connectivity index (χ0n) is 15.3. The molecule has 1 saturated carbocycles. The van der Waals surface area contributed by atoms with Crippen molar-refractivity contribution in [3.8, 4) is 0 Å². The van der Waals surface area contributed by atoms with Crippen LogP contribution in [-0.4, -0.2) is 0 Å². The first-order valence-corrected chi connectivity index (χ1v) is 11.3. The maximum Gasteiger partial charge on any atom is 0.310 e. The fourth-order valence-electron chi connectivity index (χ4n) is 4.00. The molecule has 2 aromatic carbocycles. The van der Waals surface area contributed by atoms with Gasteiger partial charge in [0.25, 0.3) is 0 Å². The molecule has 0 N–H and O–H groups in total. The van der Waals surface area contributed by atoms with Gasteiger partial charge in [0.2, 0.25) is 0 Å². The van der Waals surface area contributed by atoms with Crippen LogP contribution >= 0.6 is 10.2 Å². The molecule has 0 heterocycles. The van der Waals surface area contributed by atoms with E-state index in [1.54, 1.807) is 0 Å². The van der Waals surface area contributed by atoms with Crippen LogP contribution in [0.25, 0.3) is 0 Å². The van der Waals surface area contributed by atoms with Crippen LogP contribution in [0.4, 0.5) is 19.4 Å². The third kappa shape index (κ3) is 5.03. The molecule has 2 aromatic rings. The van der Waals surface area contributed by atoms with Gasteiger partial charge < -0.3 is 0 Å². The summed E-state index contributed by atoms with van der Waals surface area (Å²) < 4.78 is 64.2. The molecule has 6 heteroatoms. The van der Waals surface area contributed by atoms with E-state index in [2.05, 4.69) is 31.2 Å². The highest BCUT2D eigenvalue weighted by atomic mass is 32.5. The molecule has 3 rings (SSSR count). The van der Waals surface area contributed by atoms with Crippen molar-refractivity contribution in [2.75, 3.05) is 0 Å². The topological polar surface area (TPSA) is 0 Å². The molecule has 0 radical (unpaired) electrons. The normalized spacial score (nSPS) is 23.5. The van der Waals surface area contributed by atoms with Gasteiger partial charge in [0.05, 0.1) is 0 Å². The highest BCUT2D eigenvalue weighted by Crippen LogP contribution is 3.02. The summed E-state index contributed by atoms with van der Waals surface area (Å²) in [6.07, 6.45) is 5.82. The SMILES string of the molecule is CCCc1ccc([C@H]2CC[C@H](c3ccc(S(F)(F)(F)(F)F)cc3)CC2)cc1. The van der Waals surface area contributed by atoms with Crippen molar-refractivity contribution in [1.29, 1.82) is 0 Å². The zero-order chi connectivity index (χ0) is 19.8. The van der Waals surface area contributed by atoms with Crippen molar-refractivity contribution in [2.45, 2.75) is 62.2 Å². The Bertz CT molecular complexity index is 771. The van der Waals surface area contributed by atoms with E-state index >= 15 is 0 Å². The molecule has 0 atom stereocenters. The van der Waals surface area contributed by atoms with Gasteiger partial charge in [0, 0.05) is 0 Å². The van der Waals surface area contributed by atoms with Gasteiger partial charge >= 0.3 is 10.2 Å². The Morgan fingerprint density at radius 2 is 1.11 bits per heavy atom. The second kappa shape index (κ2) is 6.50. The molecule has 1 aliphatic rings. The summed E-state index contributed by atoms with van der Waals surface area (Å²) in [6.45, 7) is 2.15. The van der Waals surface area contributed by atoms with Crippen LogP contribution < -0.4 is 0 Å². The van der Waals surface area contributed by atoms with Gasteiger partial charge in [-0.2, -0.15) is 0 Å². The highest BCUT2D eigenvalue weighted by Gasteiger charge is 2.65. The molecule has 0 aliphatic heterocycles. The minimum absolute atomic E-state index is 0.133. The fourth-order valence-corrected chi connectivity index (χ4v) is 4.65. The summed E-state index contributed by atoms with van der Waals surface area (Å²) in [5.74, 6) is 0.592. The maximum absolute atomic E-state index is 12.8. The van der Waals surface area contributed by atoms with Gasteiger partial charge in [-0.05, 0) is 72.8 Å². The molecule has 150 valence electrons. The Morgan fingerprint density at radius 3 is 1.48 bits per heavy atom. The minimum Gasteiger partial charge on any atom is -0.0936 e. The Hall–Kier alpha value is -1.56. The first kappa shape index (κ1) is 20.2. The van der Waals surface area contributed by atoms with Gasteiger partial charge in [-0.15, -0.1) is 0 Å². The van der Waals surface area contributed by atoms with Gasteiger partial charge in [-0.3, -0.25) is 0 Å². The van der Waals surface area contributed by atoms with Crippen molar-refractivity contribution >= 4 is 10.2 Å². The summed E-state index contributed by atoms with van der Waals surface area (Å²) in [5.41, 5.74) is 3.36. The van der Waals surface area contributed by atoms with Gasteiger partial charge in [-0.1, -0.05) is 69.2 Å². The molecule has 0 bridgehead atoms.